The van der Waals surface area contributed by atoms with Gasteiger partial charge >= 0.3 is 0 Å². The summed E-state index contributed by atoms with van der Waals surface area (Å²) in [7, 11) is 0. The van der Waals surface area contributed by atoms with E-state index < -0.39 is 5.82 Å². The number of nitrogens with zero attached hydrogens (tertiary/aromatic N) is 5. The molecule has 8 heteroatoms. The summed E-state index contributed by atoms with van der Waals surface area (Å²) in [5.41, 5.74) is 2.83. The zero-order valence-corrected chi connectivity index (χ0v) is 16.8. The van der Waals surface area contributed by atoms with Crippen LogP contribution in [0.1, 0.15) is 10.4 Å². The van der Waals surface area contributed by atoms with Crippen LogP contribution in [0.4, 0.5) is 10.2 Å². The number of piperazine rings is 1. The minimum absolute atomic E-state index is 0.116. The second kappa shape index (κ2) is 7.79. The van der Waals surface area contributed by atoms with E-state index in [1.165, 1.54) is 23.7 Å². The number of aromatic nitrogens is 3. The average molecular weight is 419 g/mol. The van der Waals surface area contributed by atoms with Crippen molar-refractivity contribution in [3.63, 3.8) is 0 Å². The Morgan fingerprint density at radius 2 is 1.67 bits per heavy atom. The molecule has 0 aliphatic carbocycles. The molecule has 0 spiro atoms. The number of halogens is 1. The van der Waals surface area contributed by atoms with Crippen LogP contribution in [0, 0.1) is 5.82 Å². The molecule has 3 heterocycles. The van der Waals surface area contributed by atoms with Crippen molar-refractivity contribution in [1.29, 1.82) is 0 Å². The van der Waals surface area contributed by atoms with Crippen molar-refractivity contribution in [3.05, 3.63) is 72.3 Å². The van der Waals surface area contributed by atoms with Gasteiger partial charge in [-0.05, 0) is 23.7 Å². The van der Waals surface area contributed by atoms with Gasteiger partial charge in [0.1, 0.15) is 28.1 Å². The predicted molar refractivity (Wildman–Crippen MR) is 115 cm³/mol. The number of hydrogen-bond acceptors (Lipinski definition) is 6. The summed E-state index contributed by atoms with van der Waals surface area (Å²) in [5.74, 6) is 0.0722. The Hall–Kier alpha value is -3.39. The third-order valence-electron chi connectivity index (χ3n) is 5.26. The molecule has 1 amide bonds. The van der Waals surface area contributed by atoms with Gasteiger partial charge in [0, 0.05) is 31.7 Å². The first-order chi connectivity index (χ1) is 14.7. The Morgan fingerprint density at radius 3 is 2.43 bits per heavy atom. The molecule has 0 saturated carbocycles. The zero-order chi connectivity index (χ0) is 20.5. The quantitative estimate of drug-likeness (QED) is 0.505. The molecule has 2 aromatic heterocycles. The van der Waals surface area contributed by atoms with Crippen LogP contribution in [-0.4, -0.2) is 51.3 Å². The normalized spacial score (nSPS) is 14.3. The van der Waals surface area contributed by atoms with E-state index in [1.807, 2.05) is 30.3 Å². The van der Waals surface area contributed by atoms with E-state index in [4.69, 9.17) is 0 Å². The molecule has 1 saturated heterocycles. The predicted octanol–water partition coefficient (Wildman–Crippen LogP) is 3.85. The van der Waals surface area contributed by atoms with E-state index >= 15 is 0 Å². The van der Waals surface area contributed by atoms with Crippen LogP contribution in [0.3, 0.4) is 0 Å². The maximum atomic E-state index is 14.0. The van der Waals surface area contributed by atoms with Gasteiger partial charge in [-0.2, -0.15) is 4.37 Å². The topological polar surface area (TPSA) is 62.2 Å². The van der Waals surface area contributed by atoms with Crippen molar-refractivity contribution in [3.8, 4) is 11.3 Å². The Balaban J connectivity index is 1.37. The number of amides is 1. The smallest absolute Gasteiger partial charge is 0.256 e. The maximum Gasteiger partial charge on any atom is 0.256 e. The van der Waals surface area contributed by atoms with E-state index in [1.54, 1.807) is 23.4 Å². The fraction of sp³-hybridized carbons (Fsp3) is 0.182. The lowest BCUT2D eigenvalue weighted by Gasteiger charge is -2.35. The van der Waals surface area contributed by atoms with Crippen molar-refractivity contribution in [2.45, 2.75) is 0 Å². The fourth-order valence-corrected chi connectivity index (χ4v) is 4.56. The number of benzene rings is 2. The summed E-state index contributed by atoms with van der Waals surface area (Å²) >= 11 is 1.39. The third-order valence-corrected chi connectivity index (χ3v) is 6.09. The monoisotopic (exact) mass is 419 g/mol. The molecule has 0 atom stereocenters. The highest BCUT2D eigenvalue weighted by Crippen LogP contribution is 2.34. The first kappa shape index (κ1) is 18.6. The SMILES string of the molecule is O=C(c1ccccc1F)N1CCN(c2ncnc3c(-c4ccccc4)nsc23)CC1. The molecular weight excluding hydrogens is 401 g/mol. The summed E-state index contributed by atoms with van der Waals surface area (Å²) in [6, 6.07) is 16.1. The highest BCUT2D eigenvalue weighted by atomic mass is 32.1. The summed E-state index contributed by atoms with van der Waals surface area (Å²) in [6.07, 6.45) is 1.56. The highest BCUT2D eigenvalue weighted by molar-refractivity contribution is 7.14. The third kappa shape index (κ3) is 3.29. The summed E-state index contributed by atoms with van der Waals surface area (Å²) in [4.78, 5) is 25.5. The fourth-order valence-electron chi connectivity index (χ4n) is 3.69. The van der Waals surface area contributed by atoms with Gasteiger partial charge in [-0.3, -0.25) is 4.79 Å². The lowest BCUT2D eigenvalue weighted by molar-refractivity contribution is 0.0742. The Labute approximate surface area is 176 Å². The number of rotatable bonds is 3. The van der Waals surface area contributed by atoms with Crippen molar-refractivity contribution in [1.82, 2.24) is 19.2 Å². The molecule has 0 radical (unpaired) electrons. The van der Waals surface area contributed by atoms with Gasteiger partial charge in [-0.25, -0.2) is 14.4 Å². The zero-order valence-electron chi connectivity index (χ0n) is 16.0. The van der Waals surface area contributed by atoms with E-state index in [9.17, 15) is 9.18 Å². The van der Waals surface area contributed by atoms with Crippen molar-refractivity contribution in [2.75, 3.05) is 31.1 Å². The molecule has 1 fully saturated rings. The van der Waals surface area contributed by atoms with Crippen LogP contribution in [0.25, 0.3) is 21.5 Å². The molecule has 0 bridgehead atoms. The van der Waals surface area contributed by atoms with Crippen LogP contribution in [0.2, 0.25) is 0 Å². The molecule has 0 unspecified atom stereocenters. The molecule has 30 heavy (non-hydrogen) atoms. The van der Waals surface area contributed by atoms with Gasteiger partial charge in [0.25, 0.3) is 5.91 Å². The molecular formula is C22H18FN5OS. The largest absolute Gasteiger partial charge is 0.352 e. The summed E-state index contributed by atoms with van der Waals surface area (Å²) < 4.78 is 19.5. The number of hydrogen-bond donors (Lipinski definition) is 0. The van der Waals surface area contributed by atoms with E-state index in [2.05, 4.69) is 19.2 Å². The number of fused-ring (bicyclic) bond motifs is 1. The van der Waals surface area contributed by atoms with Gasteiger partial charge in [-0.1, -0.05) is 42.5 Å². The van der Waals surface area contributed by atoms with Crippen LogP contribution < -0.4 is 4.90 Å². The highest BCUT2D eigenvalue weighted by Gasteiger charge is 2.26. The molecule has 5 rings (SSSR count). The first-order valence-electron chi connectivity index (χ1n) is 9.67. The van der Waals surface area contributed by atoms with Gasteiger partial charge in [0.05, 0.1) is 5.56 Å². The second-order valence-electron chi connectivity index (χ2n) is 7.03. The molecule has 4 aromatic rings. The second-order valence-corrected chi connectivity index (χ2v) is 7.80. The molecule has 150 valence electrons. The lowest BCUT2D eigenvalue weighted by Crippen LogP contribution is -2.49. The molecule has 1 aliphatic rings. The average Bonchev–Trinajstić information content (AvgIpc) is 3.24. The number of carbonyl (C=O) groups excluding carboxylic acids is 1. The van der Waals surface area contributed by atoms with E-state index in [-0.39, 0.29) is 11.5 Å². The number of carbonyl (C=O) groups is 1. The van der Waals surface area contributed by atoms with Gasteiger partial charge in [0.15, 0.2) is 5.82 Å². The van der Waals surface area contributed by atoms with Crippen molar-refractivity contribution < 1.29 is 9.18 Å². The summed E-state index contributed by atoms with van der Waals surface area (Å²) in [6.45, 7) is 2.24. The molecule has 0 N–H and O–H groups in total. The Morgan fingerprint density at radius 1 is 0.933 bits per heavy atom. The molecule has 1 aliphatic heterocycles. The van der Waals surface area contributed by atoms with Gasteiger partial charge in [-0.15, -0.1) is 0 Å². The standard InChI is InChI=1S/C22H18FN5OS/c23-17-9-5-4-8-16(17)22(29)28-12-10-27(11-13-28)21-20-19(24-14-25-21)18(26-30-20)15-6-2-1-3-7-15/h1-9,14H,10-13H2. The summed E-state index contributed by atoms with van der Waals surface area (Å²) in [5, 5.41) is 0. The Kier molecular flexibility index (Phi) is 4.84. The van der Waals surface area contributed by atoms with Gasteiger partial charge in [0.2, 0.25) is 0 Å². The minimum Gasteiger partial charge on any atom is -0.352 e. The van der Waals surface area contributed by atoms with Crippen molar-refractivity contribution >= 4 is 33.5 Å². The lowest BCUT2D eigenvalue weighted by atomic mass is 10.1. The molecule has 2 aromatic carbocycles. The first-order valence-corrected chi connectivity index (χ1v) is 10.4. The van der Waals surface area contributed by atoms with Crippen LogP contribution >= 0.6 is 11.5 Å². The number of anilines is 1. The molecule has 6 nitrogen and oxygen atoms in total. The Bertz CT molecular complexity index is 1200. The van der Waals surface area contributed by atoms with Crippen LogP contribution in [0.15, 0.2) is 60.9 Å². The van der Waals surface area contributed by atoms with Crippen molar-refractivity contribution in [2.24, 2.45) is 0 Å². The minimum atomic E-state index is -0.486. The van der Waals surface area contributed by atoms with Crippen LogP contribution in [-0.2, 0) is 0 Å². The van der Waals surface area contributed by atoms with E-state index in [0.717, 1.165) is 27.3 Å². The van der Waals surface area contributed by atoms with E-state index in [0.29, 0.717) is 26.2 Å². The van der Waals surface area contributed by atoms with Gasteiger partial charge < -0.3 is 9.80 Å². The van der Waals surface area contributed by atoms with Crippen LogP contribution in [0.5, 0.6) is 0 Å². The maximum absolute atomic E-state index is 14.0.